The van der Waals surface area contributed by atoms with Crippen molar-refractivity contribution in [2.24, 2.45) is 0 Å². The highest BCUT2D eigenvalue weighted by Crippen LogP contribution is 2.33. The molecule has 0 bridgehead atoms. The van der Waals surface area contributed by atoms with Crippen LogP contribution in [-0.2, 0) is 11.5 Å². The topological polar surface area (TPSA) is 0 Å². The van der Waals surface area contributed by atoms with Crippen molar-refractivity contribution in [3.8, 4) is 11.1 Å². The Morgan fingerprint density at radius 1 is 0.950 bits per heavy atom. The number of rotatable bonds is 2. The van der Waals surface area contributed by atoms with Gasteiger partial charge in [0, 0.05) is 5.33 Å². The maximum absolute atomic E-state index is 12.7. The van der Waals surface area contributed by atoms with Gasteiger partial charge >= 0.3 is 6.18 Å². The molecule has 2 aromatic carbocycles. The van der Waals surface area contributed by atoms with Crippen LogP contribution in [0.15, 0.2) is 36.4 Å². The standard InChI is InChI=1S/C16H14BrF3/c1-10-7-12(3-4-13(10)9-17)15-6-5-14(8-11(15)2)16(18,19)20/h3-8H,9H2,1-2H3. The van der Waals surface area contributed by atoms with Gasteiger partial charge in [0.15, 0.2) is 0 Å². The van der Waals surface area contributed by atoms with Gasteiger partial charge in [0.25, 0.3) is 0 Å². The summed E-state index contributed by atoms with van der Waals surface area (Å²) in [5.41, 5.74) is 4.11. The fourth-order valence-corrected chi connectivity index (χ4v) is 2.81. The van der Waals surface area contributed by atoms with Crippen LogP contribution in [-0.4, -0.2) is 0 Å². The smallest absolute Gasteiger partial charge is 0.166 e. The number of benzene rings is 2. The summed E-state index contributed by atoms with van der Waals surface area (Å²) in [5.74, 6) is 0. The van der Waals surface area contributed by atoms with E-state index in [0.717, 1.165) is 28.1 Å². The predicted octanol–water partition coefficient (Wildman–Crippen LogP) is 5.88. The van der Waals surface area contributed by atoms with Crippen LogP contribution in [0.2, 0.25) is 0 Å². The zero-order valence-corrected chi connectivity index (χ0v) is 12.8. The molecule has 0 saturated heterocycles. The van der Waals surface area contributed by atoms with E-state index in [1.54, 1.807) is 13.0 Å². The second-order valence-electron chi connectivity index (χ2n) is 4.80. The first-order chi connectivity index (χ1) is 9.32. The fourth-order valence-electron chi connectivity index (χ4n) is 2.18. The Labute approximate surface area is 124 Å². The summed E-state index contributed by atoms with van der Waals surface area (Å²) >= 11 is 3.41. The number of alkyl halides is 4. The van der Waals surface area contributed by atoms with Crippen LogP contribution in [0.25, 0.3) is 11.1 Å². The average Bonchev–Trinajstić information content (AvgIpc) is 2.37. The summed E-state index contributed by atoms with van der Waals surface area (Å²) in [6, 6.07) is 9.82. The maximum atomic E-state index is 12.7. The summed E-state index contributed by atoms with van der Waals surface area (Å²) in [7, 11) is 0. The number of aryl methyl sites for hydroxylation is 2. The molecule has 0 unspecified atom stereocenters. The summed E-state index contributed by atoms with van der Waals surface area (Å²) in [4.78, 5) is 0. The van der Waals surface area contributed by atoms with E-state index in [4.69, 9.17) is 0 Å². The van der Waals surface area contributed by atoms with E-state index in [0.29, 0.717) is 5.56 Å². The number of hydrogen-bond donors (Lipinski definition) is 0. The predicted molar refractivity (Wildman–Crippen MR) is 79.0 cm³/mol. The van der Waals surface area contributed by atoms with Crippen LogP contribution in [0.3, 0.4) is 0 Å². The van der Waals surface area contributed by atoms with Crippen molar-refractivity contribution >= 4 is 15.9 Å². The molecule has 2 aromatic rings. The fraction of sp³-hybridized carbons (Fsp3) is 0.250. The van der Waals surface area contributed by atoms with Crippen molar-refractivity contribution < 1.29 is 13.2 Å². The monoisotopic (exact) mass is 342 g/mol. The highest BCUT2D eigenvalue weighted by molar-refractivity contribution is 9.08. The molecule has 2 rings (SSSR count). The molecule has 0 atom stereocenters. The molecule has 0 aliphatic rings. The van der Waals surface area contributed by atoms with Crippen molar-refractivity contribution in [2.75, 3.05) is 0 Å². The van der Waals surface area contributed by atoms with Gasteiger partial charge in [-0.15, -0.1) is 0 Å². The molecule has 20 heavy (non-hydrogen) atoms. The molecule has 4 heteroatoms. The van der Waals surface area contributed by atoms with E-state index >= 15 is 0 Å². The van der Waals surface area contributed by atoms with Crippen LogP contribution >= 0.6 is 15.9 Å². The van der Waals surface area contributed by atoms with E-state index in [9.17, 15) is 13.2 Å². The van der Waals surface area contributed by atoms with Crippen molar-refractivity contribution in [1.29, 1.82) is 0 Å². The third-order valence-electron chi connectivity index (χ3n) is 3.35. The molecule has 0 fully saturated rings. The lowest BCUT2D eigenvalue weighted by atomic mass is 9.96. The van der Waals surface area contributed by atoms with Gasteiger partial charge < -0.3 is 0 Å². The van der Waals surface area contributed by atoms with Gasteiger partial charge in [-0.2, -0.15) is 13.2 Å². The minimum atomic E-state index is -4.29. The second kappa shape index (κ2) is 5.60. The highest BCUT2D eigenvalue weighted by Gasteiger charge is 2.30. The lowest BCUT2D eigenvalue weighted by molar-refractivity contribution is -0.137. The van der Waals surface area contributed by atoms with Crippen molar-refractivity contribution in [1.82, 2.24) is 0 Å². The molecule has 0 radical (unpaired) electrons. The van der Waals surface area contributed by atoms with Crippen LogP contribution < -0.4 is 0 Å². The Hall–Kier alpha value is -1.29. The van der Waals surface area contributed by atoms with Gasteiger partial charge in [0.1, 0.15) is 0 Å². The molecule has 0 aromatic heterocycles. The molecular weight excluding hydrogens is 329 g/mol. The molecule has 0 saturated carbocycles. The van der Waals surface area contributed by atoms with Gasteiger partial charge in [-0.1, -0.05) is 40.2 Å². The number of hydrogen-bond acceptors (Lipinski definition) is 0. The molecule has 0 heterocycles. The molecule has 0 spiro atoms. The molecule has 0 aliphatic heterocycles. The van der Waals surface area contributed by atoms with Crippen molar-refractivity contribution in [3.63, 3.8) is 0 Å². The van der Waals surface area contributed by atoms with E-state index in [2.05, 4.69) is 15.9 Å². The Bertz CT molecular complexity index is 630. The molecule has 0 amide bonds. The Kier molecular flexibility index (Phi) is 4.23. The average molecular weight is 343 g/mol. The summed E-state index contributed by atoms with van der Waals surface area (Å²) in [6.07, 6.45) is -4.29. The van der Waals surface area contributed by atoms with Gasteiger partial charge in [-0.3, -0.25) is 0 Å². The summed E-state index contributed by atoms with van der Waals surface area (Å²) in [5, 5.41) is 0.769. The quantitative estimate of drug-likeness (QED) is 0.597. The van der Waals surface area contributed by atoms with E-state index in [1.165, 1.54) is 11.6 Å². The summed E-state index contributed by atoms with van der Waals surface area (Å²) < 4.78 is 38.0. The zero-order chi connectivity index (χ0) is 14.9. The lowest BCUT2D eigenvalue weighted by Gasteiger charge is -2.12. The molecule has 106 valence electrons. The van der Waals surface area contributed by atoms with Crippen LogP contribution in [0.1, 0.15) is 22.3 Å². The molecule has 0 aliphatic carbocycles. The minimum absolute atomic E-state index is 0.604. The van der Waals surface area contributed by atoms with Gasteiger partial charge in [-0.05, 0) is 53.8 Å². The van der Waals surface area contributed by atoms with Crippen molar-refractivity contribution in [2.45, 2.75) is 25.4 Å². The first-order valence-corrected chi connectivity index (χ1v) is 7.29. The Morgan fingerprint density at radius 3 is 2.15 bits per heavy atom. The number of halogens is 4. The van der Waals surface area contributed by atoms with E-state index < -0.39 is 11.7 Å². The van der Waals surface area contributed by atoms with E-state index in [1.807, 2.05) is 25.1 Å². The van der Waals surface area contributed by atoms with Gasteiger partial charge in [-0.25, -0.2) is 0 Å². The first-order valence-electron chi connectivity index (χ1n) is 6.16. The first kappa shape index (κ1) is 15.1. The molecule has 0 nitrogen and oxygen atoms in total. The van der Waals surface area contributed by atoms with E-state index in [-0.39, 0.29) is 0 Å². The largest absolute Gasteiger partial charge is 0.416 e. The van der Waals surface area contributed by atoms with Crippen LogP contribution in [0.4, 0.5) is 13.2 Å². The minimum Gasteiger partial charge on any atom is -0.166 e. The maximum Gasteiger partial charge on any atom is 0.416 e. The second-order valence-corrected chi connectivity index (χ2v) is 5.36. The third kappa shape index (κ3) is 3.06. The Balaban J connectivity index is 2.46. The van der Waals surface area contributed by atoms with Gasteiger partial charge in [0.05, 0.1) is 5.56 Å². The lowest BCUT2D eigenvalue weighted by Crippen LogP contribution is -2.05. The van der Waals surface area contributed by atoms with Crippen LogP contribution in [0, 0.1) is 13.8 Å². The zero-order valence-electron chi connectivity index (χ0n) is 11.2. The highest BCUT2D eigenvalue weighted by atomic mass is 79.9. The van der Waals surface area contributed by atoms with Gasteiger partial charge in [0.2, 0.25) is 0 Å². The summed E-state index contributed by atoms with van der Waals surface area (Å²) in [6.45, 7) is 3.71. The molecular formula is C16H14BrF3. The van der Waals surface area contributed by atoms with Crippen LogP contribution in [0.5, 0.6) is 0 Å². The normalized spacial score (nSPS) is 11.7. The SMILES string of the molecule is Cc1cc(-c2ccc(C(F)(F)F)cc2C)ccc1CBr. The molecule has 0 N–H and O–H groups in total. The Morgan fingerprint density at radius 2 is 1.65 bits per heavy atom. The van der Waals surface area contributed by atoms with Crippen molar-refractivity contribution in [3.05, 3.63) is 58.7 Å². The third-order valence-corrected chi connectivity index (χ3v) is 3.96.